The van der Waals surface area contributed by atoms with E-state index in [0.717, 1.165) is 17.1 Å². The maximum absolute atomic E-state index is 10.1. The van der Waals surface area contributed by atoms with Crippen molar-refractivity contribution < 1.29 is 14.6 Å². The third-order valence-electron chi connectivity index (χ3n) is 2.54. The molecule has 4 heteroatoms. The third kappa shape index (κ3) is 3.30. The molecule has 1 atom stereocenters. The smallest absolute Gasteiger partial charge is 0.161 e. The van der Waals surface area contributed by atoms with Crippen molar-refractivity contribution in [3.05, 3.63) is 23.8 Å². The molecule has 1 aliphatic heterocycles. The van der Waals surface area contributed by atoms with Crippen molar-refractivity contribution in [2.45, 2.75) is 25.2 Å². The van der Waals surface area contributed by atoms with Gasteiger partial charge in [0, 0.05) is 5.75 Å². The van der Waals surface area contributed by atoms with Crippen molar-refractivity contribution in [2.24, 2.45) is 0 Å². The predicted molar refractivity (Wildman–Crippen MR) is 70.0 cm³/mol. The fourth-order valence-electron chi connectivity index (χ4n) is 1.65. The minimum atomic E-state index is -0.446. The summed E-state index contributed by atoms with van der Waals surface area (Å²) in [5.41, 5.74) is 0.891. The molecule has 0 bridgehead atoms. The molecule has 0 saturated heterocycles. The highest BCUT2D eigenvalue weighted by Gasteiger charge is 2.15. The molecule has 0 fully saturated rings. The van der Waals surface area contributed by atoms with E-state index in [1.54, 1.807) is 11.8 Å². The Labute approximate surface area is 106 Å². The van der Waals surface area contributed by atoms with E-state index in [9.17, 15) is 5.11 Å². The lowest BCUT2D eigenvalue weighted by molar-refractivity contribution is 0.169. The van der Waals surface area contributed by atoms with E-state index in [2.05, 4.69) is 13.8 Å². The monoisotopic (exact) mass is 254 g/mol. The van der Waals surface area contributed by atoms with E-state index in [4.69, 9.17) is 9.47 Å². The van der Waals surface area contributed by atoms with Gasteiger partial charge in [-0.15, -0.1) is 0 Å². The molecule has 94 valence electrons. The van der Waals surface area contributed by atoms with Gasteiger partial charge in [0.15, 0.2) is 11.5 Å². The number of ether oxygens (including phenoxy) is 2. The highest BCUT2D eigenvalue weighted by molar-refractivity contribution is 7.99. The molecule has 3 nitrogen and oxygen atoms in total. The molecular weight excluding hydrogens is 236 g/mol. The molecule has 1 N–H and O–H groups in total. The van der Waals surface area contributed by atoms with E-state index in [1.165, 1.54) is 0 Å². The molecule has 0 radical (unpaired) electrons. The molecule has 1 aromatic rings. The van der Waals surface area contributed by atoms with E-state index in [0.29, 0.717) is 24.2 Å². The van der Waals surface area contributed by atoms with Crippen molar-refractivity contribution in [1.29, 1.82) is 0 Å². The Morgan fingerprint density at radius 2 is 1.94 bits per heavy atom. The lowest BCUT2D eigenvalue weighted by Crippen LogP contribution is -2.15. The van der Waals surface area contributed by atoms with Crippen LogP contribution in [0.5, 0.6) is 11.5 Å². The quantitative estimate of drug-likeness (QED) is 0.896. The van der Waals surface area contributed by atoms with Crippen LogP contribution in [0.2, 0.25) is 0 Å². The second kappa shape index (κ2) is 5.65. The van der Waals surface area contributed by atoms with Crippen molar-refractivity contribution in [3.8, 4) is 11.5 Å². The molecule has 1 heterocycles. The number of hydrogen-bond donors (Lipinski definition) is 1. The zero-order valence-corrected chi connectivity index (χ0v) is 11.0. The van der Waals surface area contributed by atoms with Gasteiger partial charge in [0.05, 0.1) is 6.10 Å². The van der Waals surface area contributed by atoms with Crippen molar-refractivity contribution >= 4 is 11.8 Å². The van der Waals surface area contributed by atoms with Crippen LogP contribution in [-0.2, 0) is 0 Å². The Kier molecular flexibility index (Phi) is 4.18. The van der Waals surface area contributed by atoms with Gasteiger partial charge in [-0.05, 0) is 22.9 Å². The van der Waals surface area contributed by atoms with Crippen LogP contribution < -0.4 is 9.47 Å². The molecular formula is C13H18O3S. The van der Waals surface area contributed by atoms with Gasteiger partial charge in [0.25, 0.3) is 0 Å². The van der Waals surface area contributed by atoms with Gasteiger partial charge in [0.1, 0.15) is 13.2 Å². The van der Waals surface area contributed by atoms with Crippen LogP contribution in [0.1, 0.15) is 25.5 Å². The minimum absolute atomic E-state index is 0.446. The largest absolute Gasteiger partial charge is 0.486 e. The standard InChI is InChI=1S/C13H18O3S/c1-9(2)17-8-11(14)10-3-4-12-13(7-10)16-6-5-15-12/h3-4,7,9,11,14H,5-6,8H2,1-2H3. The summed E-state index contributed by atoms with van der Waals surface area (Å²) in [4.78, 5) is 0. The summed E-state index contributed by atoms with van der Waals surface area (Å²) in [5.74, 6) is 2.21. The fraction of sp³-hybridized carbons (Fsp3) is 0.538. The Bertz CT molecular complexity index is 379. The second-order valence-corrected chi connectivity index (χ2v) is 5.91. The van der Waals surface area contributed by atoms with Gasteiger partial charge in [-0.25, -0.2) is 0 Å². The predicted octanol–water partition coefficient (Wildman–Crippen LogP) is 2.63. The van der Waals surface area contributed by atoms with Gasteiger partial charge in [-0.3, -0.25) is 0 Å². The minimum Gasteiger partial charge on any atom is -0.486 e. The average Bonchev–Trinajstić information content (AvgIpc) is 2.35. The summed E-state index contributed by atoms with van der Waals surface area (Å²) >= 11 is 1.75. The zero-order chi connectivity index (χ0) is 12.3. The second-order valence-electron chi connectivity index (χ2n) is 4.30. The number of aliphatic hydroxyl groups is 1. The third-order valence-corrected chi connectivity index (χ3v) is 3.71. The van der Waals surface area contributed by atoms with Gasteiger partial charge in [-0.2, -0.15) is 11.8 Å². The summed E-state index contributed by atoms with van der Waals surface area (Å²) in [6.45, 7) is 5.42. The van der Waals surface area contributed by atoms with Gasteiger partial charge < -0.3 is 14.6 Å². The number of rotatable bonds is 4. The van der Waals surface area contributed by atoms with Crippen LogP contribution in [-0.4, -0.2) is 29.3 Å². The lowest BCUT2D eigenvalue weighted by Gasteiger charge is -2.20. The van der Waals surface area contributed by atoms with Crippen molar-refractivity contribution in [3.63, 3.8) is 0 Å². The molecule has 0 aliphatic carbocycles. The van der Waals surface area contributed by atoms with Crippen LogP contribution in [0, 0.1) is 0 Å². The molecule has 17 heavy (non-hydrogen) atoms. The normalized spacial score (nSPS) is 16.0. The molecule has 0 amide bonds. The number of fused-ring (bicyclic) bond motifs is 1. The SMILES string of the molecule is CC(C)SCC(O)c1ccc2c(c1)OCCO2. The Morgan fingerprint density at radius 1 is 1.24 bits per heavy atom. The number of hydrogen-bond acceptors (Lipinski definition) is 4. The summed E-state index contributed by atoms with van der Waals surface area (Å²) in [7, 11) is 0. The van der Waals surface area contributed by atoms with Crippen LogP contribution in [0.3, 0.4) is 0 Å². The first-order valence-electron chi connectivity index (χ1n) is 5.86. The lowest BCUT2D eigenvalue weighted by atomic mass is 10.1. The topological polar surface area (TPSA) is 38.7 Å². The van der Waals surface area contributed by atoms with Crippen LogP contribution in [0.4, 0.5) is 0 Å². The van der Waals surface area contributed by atoms with E-state index in [1.807, 2.05) is 18.2 Å². The van der Waals surface area contributed by atoms with Gasteiger partial charge in [0.2, 0.25) is 0 Å². The summed E-state index contributed by atoms with van der Waals surface area (Å²) in [6, 6.07) is 5.65. The molecule has 0 spiro atoms. The zero-order valence-electron chi connectivity index (χ0n) is 10.2. The van der Waals surface area contributed by atoms with Gasteiger partial charge >= 0.3 is 0 Å². The summed E-state index contributed by atoms with van der Waals surface area (Å²) in [5, 5.41) is 10.6. The van der Waals surface area contributed by atoms with E-state index >= 15 is 0 Å². The Balaban J connectivity index is 2.05. The van der Waals surface area contributed by atoms with Gasteiger partial charge in [-0.1, -0.05) is 19.9 Å². The average molecular weight is 254 g/mol. The van der Waals surface area contributed by atoms with Crippen LogP contribution in [0.15, 0.2) is 18.2 Å². The highest BCUT2D eigenvalue weighted by atomic mass is 32.2. The first-order valence-corrected chi connectivity index (χ1v) is 6.91. The fourth-order valence-corrected chi connectivity index (χ4v) is 2.41. The molecule has 1 aromatic carbocycles. The number of benzene rings is 1. The molecule has 2 rings (SSSR count). The molecule has 0 saturated carbocycles. The Morgan fingerprint density at radius 3 is 2.65 bits per heavy atom. The van der Waals surface area contributed by atoms with E-state index in [-0.39, 0.29) is 0 Å². The summed E-state index contributed by atoms with van der Waals surface area (Å²) in [6.07, 6.45) is -0.446. The maximum atomic E-state index is 10.1. The molecule has 1 unspecified atom stereocenters. The number of aliphatic hydroxyl groups excluding tert-OH is 1. The van der Waals surface area contributed by atoms with Crippen molar-refractivity contribution in [2.75, 3.05) is 19.0 Å². The Hall–Kier alpha value is -0.870. The molecule has 0 aromatic heterocycles. The molecule has 1 aliphatic rings. The first kappa shape index (κ1) is 12.6. The highest BCUT2D eigenvalue weighted by Crippen LogP contribution is 2.33. The van der Waals surface area contributed by atoms with Crippen LogP contribution in [0.25, 0.3) is 0 Å². The first-order chi connectivity index (χ1) is 8.16. The van der Waals surface area contributed by atoms with Crippen molar-refractivity contribution in [1.82, 2.24) is 0 Å². The van der Waals surface area contributed by atoms with E-state index < -0.39 is 6.10 Å². The maximum Gasteiger partial charge on any atom is 0.161 e. The summed E-state index contributed by atoms with van der Waals surface area (Å²) < 4.78 is 10.9. The van der Waals surface area contributed by atoms with Crippen LogP contribution >= 0.6 is 11.8 Å². The number of thioether (sulfide) groups is 1.